The van der Waals surface area contributed by atoms with Gasteiger partial charge in [-0.2, -0.15) is 5.26 Å². The molecular formula is C19H16N6O3. The largest absolute Gasteiger partial charge is 0.359 e. The van der Waals surface area contributed by atoms with Crippen molar-refractivity contribution in [1.29, 1.82) is 5.26 Å². The number of hydrogen-bond donors (Lipinski definition) is 2. The van der Waals surface area contributed by atoms with Crippen molar-refractivity contribution in [3.8, 4) is 6.07 Å². The van der Waals surface area contributed by atoms with Crippen LogP contribution in [-0.4, -0.2) is 39.7 Å². The molecule has 0 saturated carbocycles. The SMILES string of the molecule is N#Cc1cccc(C(=O)Nc2nc3cc(C=O)cnc3n2CCCNC=O)c1. The van der Waals surface area contributed by atoms with E-state index >= 15 is 0 Å². The molecule has 3 aromatic rings. The number of aryl methyl sites for hydroxylation is 1. The second kappa shape index (κ2) is 8.55. The summed E-state index contributed by atoms with van der Waals surface area (Å²) in [5, 5.41) is 14.3. The van der Waals surface area contributed by atoms with E-state index in [1.807, 2.05) is 6.07 Å². The van der Waals surface area contributed by atoms with E-state index in [0.29, 0.717) is 60.1 Å². The Morgan fingerprint density at radius 3 is 2.89 bits per heavy atom. The van der Waals surface area contributed by atoms with Crippen LogP contribution in [-0.2, 0) is 11.3 Å². The van der Waals surface area contributed by atoms with Gasteiger partial charge in [0.1, 0.15) is 5.52 Å². The number of carbonyl (C=O) groups is 3. The van der Waals surface area contributed by atoms with E-state index in [9.17, 15) is 14.4 Å². The lowest BCUT2D eigenvalue weighted by molar-refractivity contribution is -0.109. The van der Waals surface area contributed by atoms with Crippen LogP contribution in [0.15, 0.2) is 36.5 Å². The Kier molecular flexibility index (Phi) is 5.72. The smallest absolute Gasteiger partial charge is 0.258 e. The van der Waals surface area contributed by atoms with Crippen LogP contribution >= 0.6 is 0 Å². The molecule has 2 N–H and O–H groups in total. The van der Waals surface area contributed by atoms with Gasteiger partial charge in [-0.1, -0.05) is 6.07 Å². The molecule has 1 aromatic carbocycles. The fourth-order valence-corrected chi connectivity index (χ4v) is 2.70. The topological polar surface area (TPSA) is 130 Å². The number of nitrogens with one attached hydrogen (secondary N) is 2. The molecule has 0 atom stereocenters. The maximum atomic E-state index is 12.6. The van der Waals surface area contributed by atoms with E-state index in [-0.39, 0.29) is 5.95 Å². The molecule has 0 radical (unpaired) electrons. The Bertz CT molecular complexity index is 1080. The molecule has 9 nitrogen and oxygen atoms in total. The highest BCUT2D eigenvalue weighted by molar-refractivity contribution is 6.04. The van der Waals surface area contributed by atoms with Crippen LogP contribution in [0.4, 0.5) is 5.95 Å². The second-order valence-electron chi connectivity index (χ2n) is 5.89. The number of benzene rings is 1. The van der Waals surface area contributed by atoms with Crippen LogP contribution < -0.4 is 10.6 Å². The highest BCUT2D eigenvalue weighted by Gasteiger charge is 2.16. The predicted octanol–water partition coefficient (Wildman–Crippen LogP) is 1.50. The van der Waals surface area contributed by atoms with Crippen molar-refractivity contribution < 1.29 is 14.4 Å². The standard InChI is InChI=1S/C19H16N6O3/c20-9-13-3-1-4-15(7-13)18(28)24-19-23-16-8-14(11-26)10-22-17(16)25(19)6-2-5-21-12-27/h1,3-4,7-8,10-12H,2,5-6H2,(H,21,27)(H,23,24,28). The molecule has 0 unspecified atom stereocenters. The lowest BCUT2D eigenvalue weighted by atomic mass is 10.1. The monoisotopic (exact) mass is 376 g/mol. The number of aldehydes is 1. The third-order valence-corrected chi connectivity index (χ3v) is 4.01. The summed E-state index contributed by atoms with van der Waals surface area (Å²) in [6.07, 6.45) is 3.31. The van der Waals surface area contributed by atoms with Gasteiger partial charge >= 0.3 is 0 Å². The lowest BCUT2D eigenvalue weighted by Crippen LogP contribution is -2.18. The highest BCUT2D eigenvalue weighted by atomic mass is 16.2. The first-order valence-electron chi connectivity index (χ1n) is 8.46. The third kappa shape index (κ3) is 4.02. The number of nitriles is 1. The van der Waals surface area contributed by atoms with Gasteiger partial charge in [-0.05, 0) is 30.7 Å². The normalized spacial score (nSPS) is 10.2. The first-order chi connectivity index (χ1) is 13.7. The van der Waals surface area contributed by atoms with Crippen LogP contribution in [0.1, 0.15) is 32.7 Å². The minimum Gasteiger partial charge on any atom is -0.359 e. The Labute approximate surface area is 160 Å². The average molecular weight is 376 g/mol. The quantitative estimate of drug-likeness (QED) is 0.453. The van der Waals surface area contributed by atoms with E-state index in [1.54, 1.807) is 28.8 Å². The minimum atomic E-state index is -0.421. The number of anilines is 1. The number of amides is 2. The Morgan fingerprint density at radius 1 is 1.29 bits per heavy atom. The van der Waals surface area contributed by atoms with E-state index in [2.05, 4.69) is 20.6 Å². The number of pyridine rings is 1. The molecule has 0 aliphatic carbocycles. The van der Waals surface area contributed by atoms with Gasteiger partial charge < -0.3 is 5.32 Å². The molecule has 140 valence electrons. The molecule has 2 heterocycles. The number of nitrogens with zero attached hydrogens (tertiary/aromatic N) is 4. The zero-order chi connectivity index (χ0) is 19.9. The minimum absolute atomic E-state index is 0.268. The number of carbonyl (C=O) groups excluding carboxylic acids is 3. The van der Waals surface area contributed by atoms with Gasteiger partial charge in [-0.25, -0.2) is 9.97 Å². The first-order valence-corrected chi connectivity index (χ1v) is 8.46. The van der Waals surface area contributed by atoms with Crippen molar-refractivity contribution >= 4 is 35.7 Å². The molecule has 0 fully saturated rings. The van der Waals surface area contributed by atoms with E-state index in [4.69, 9.17) is 5.26 Å². The average Bonchev–Trinajstić information content (AvgIpc) is 3.07. The molecule has 0 spiro atoms. The number of aromatic nitrogens is 3. The van der Waals surface area contributed by atoms with E-state index < -0.39 is 5.91 Å². The zero-order valence-electron chi connectivity index (χ0n) is 14.8. The molecule has 2 aromatic heterocycles. The third-order valence-electron chi connectivity index (χ3n) is 4.01. The van der Waals surface area contributed by atoms with Crippen molar-refractivity contribution in [2.75, 3.05) is 11.9 Å². The second-order valence-corrected chi connectivity index (χ2v) is 5.89. The summed E-state index contributed by atoms with van der Waals surface area (Å²) in [6, 6.07) is 9.89. The van der Waals surface area contributed by atoms with Gasteiger partial charge in [0, 0.05) is 30.4 Å². The van der Waals surface area contributed by atoms with Crippen molar-refractivity contribution in [2.45, 2.75) is 13.0 Å². The molecular weight excluding hydrogens is 360 g/mol. The summed E-state index contributed by atoms with van der Waals surface area (Å²) in [5.74, 6) is -0.153. The molecule has 9 heteroatoms. The van der Waals surface area contributed by atoms with Crippen molar-refractivity contribution in [1.82, 2.24) is 19.9 Å². The van der Waals surface area contributed by atoms with Gasteiger partial charge in [0.25, 0.3) is 5.91 Å². The summed E-state index contributed by atoms with van der Waals surface area (Å²) in [4.78, 5) is 42.7. The van der Waals surface area contributed by atoms with E-state index in [1.165, 1.54) is 12.3 Å². The van der Waals surface area contributed by atoms with Gasteiger partial charge in [-0.3, -0.25) is 24.3 Å². The first kappa shape index (κ1) is 18.7. The molecule has 3 rings (SSSR count). The lowest BCUT2D eigenvalue weighted by Gasteiger charge is -2.09. The van der Waals surface area contributed by atoms with Gasteiger partial charge in [0.05, 0.1) is 11.6 Å². The van der Waals surface area contributed by atoms with Crippen LogP contribution in [0.3, 0.4) is 0 Å². The highest BCUT2D eigenvalue weighted by Crippen LogP contribution is 2.20. The van der Waals surface area contributed by atoms with Crippen molar-refractivity contribution in [2.24, 2.45) is 0 Å². The zero-order valence-corrected chi connectivity index (χ0v) is 14.8. The summed E-state index contributed by atoms with van der Waals surface area (Å²) < 4.78 is 1.71. The summed E-state index contributed by atoms with van der Waals surface area (Å²) in [7, 11) is 0. The van der Waals surface area contributed by atoms with Crippen LogP contribution in [0.25, 0.3) is 11.2 Å². The molecule has 0 bridgehead atoms. The van der Waals surface area contributed by atoms with E-state index in [0.717, 1.165) is 0 Å². The summed E-state index contributed by atoms with van der Waals surface area (Å²) >= 11 is 0. The molecule has 0 aliphatic rings. The van der Waals surface area contributed by atoms with Gasteiger partial charge in [0.15, 0.2) is 11.9 Å². The predicted molar refractivity (Wildman–Crippen MR) is 101 cm³/mol. The van der Waals surface area contributed by atoms with Crippen molar-refractivity contribution in [3.05, 3.63) is 53.2 Å². The summed E-state index contributed by atoms with van der Waals surface area (Å²) in [6.45, 7) is 0.895. The molecule has 2 amide bonds. The maximum Gasteiger partial charge on any atom is 0.258 e. The van der Waals surface area contributed by atoms with Crippen molar-refractivity contribution in [3.63, 3.8) is 0 Å². The Morgan fingerprint density at radius 2 is 2.14 bits per heavy atom. The fourth-order valence-electron chi connectivity index (χ4n) is 2.70. The molecule has 0 aliphatic heterocycles. The number of imidazole rings is 1. The summed E-state index contributed by atoms with van der Waals surface area (Å²) in [5.41, 5.74) is 2.05. The number of fused-ring (bicyclic) bond motifs is 1. The number of hydrogen-bond acceptors (Lipinski definition) is 6. The Hall–Kier alpha value is -4.06. The Balaban J connectivity index is 1.93. The van der Waals surface area contributed by atoms with Crippen LogP contribution in [0.2, 0.25) is 0 Å². The van der Waals surface area contributed by atoms with Crippen LogP contribution in [0, 0.1) is 11.3 Å². The van der Waals surface area contributed by atoms with Gasteiger partial charge in [-0.15, -0.1) is 0 Å². The van der Waals surface area contributed by atoms with Gasteiger partial charge in [0.2, 0.25) is 12.4 Å². The van der Waals surface area contributed by atoms with Crippen LogP contribution in [0.5, 0.6) is 0 Å². The maximum absolute atomic E-state index is 12.6. The molecule has 0 saturated heterocycles. The number of rotatable bonds is 8. The fraction of sp³-hybridized carbons (Fsp3) is 0.158. The molecule has 28 heavy (non-hydrogen) atoms.